The van der Waals surface area contributed by atoms with Gasteiger partial charge in [0.25, 0.3) is 12.9 Å². The van der Waals surface area contributed by atoms with Crippen molar-refractivity contribution in [1.29, 1.82) is 0 Å². The van der Waals surface area contributed by atoms with E-state index >= 15 is 0 Å². The molecule has 120 valence electrons. The highest BCUT2D eigenvalue weighted by molar-refractivity contribution is 5.36. The smallest absolute Gasteiger partial charge is 0.293 e. The molecule has 0 aliphatic carbocycles. The molecule has 0 saturated heterocycles. The van der Waals surface area contributed by atoms with Gasteiger partial charge in [-0.25, -0.2) is 0 Å². The van der Waals surface area contributed by atoms with Gasteiger partial charge in [-0.15, -0.1) is 0 Å². The molecular weight excluding hydrogens is 260 g/mol. The van der Waals surface area contributed by atoms with Crippen molar-refractivity contribution in [2.45, 2.75) is 52.9 Å². The minimum atomic E-state index is 0.211. The van der Waals surface area contributed by atoms with E-state index in [9.17, 15) is 9.59 Å². The van der Waals surface area contributed by atoms with E-state index in [-0.39, 0.29) is 6.61 Å². The minimum absolute atomic E-state index is 0.211. The molecule has 0 aliphatic heterocycles. The van der Waals surface area contributed by atoms with Gasteiger partial charge in [0, 0.05) is 6.61 Å². The van der Waals surface area contributed by atoms with Crippen LogP contribution in [0.25, 0.3) is 0 Å². The third-order valence-corrected chi connectivity index (χ3v) is 3.00. The van der Waals surface area contributed by atoms with Crippen LogP contribution >= 0.6 is 0 Å². The summed E-state index contributed by atoms with van der Waals surface area (Å²) in [5, 5.41) is 8.48. The SMILES string of the molecule is CC(CCO)CCOC=O.CCCC(C)CCOC=O. The zero-order chi connectivity index (χ0) is 15.6. The Labute approximate surface area is 122 Å². The number of carbonyl (C=O) groups excluding carboxylic acids is 2. The molecule has 1 N–H and O–H groups in total. The maximum absolute atomic E-state index is 9.72. The van der Waals surface area contributed by atoms with Gasteiger partial charge in [0.15, 0.2) is 0 Å². The Hall–Kier alpha value is -1.10. The quantitative estimate of drug-likeness (QED) is 0.442. The summed E-state index contributed by atoms with van der Waals surface area (Å²) in [5.74, 6) is 1.12. The Balaban J connectivity index is 0. The summed E-state index contributed by atoms with van der Waals surface area (Å²) in [7, 11) is 0. The van der Waals surface area contributed by atoms with Gasteiger partial charge in [0.1, 0.15) is 0 Å². The van der Waals surface area contributed by atoms with Crippen LogP contribution < -0.4 is 0 Å². The summed E-state index contributed by atoms with van der Waals surface area (Å²) >= 11 is 0. The fraction of sp³-hybridized carbons (Fsp3) is 0.867. The molecule has 0 rings (SSSR count). The highest BCUT2D eigenvalue weighted by atomic mass is 16.5. The van der Waals surface area contributed by atoms with Crippen molar-refractivity contribution in [1.82, 2.24) is 0 Å². The zero-order valence-electron chi connectivity index (χ0n) is 13.0. The molecule has 0 heterocycles. The number of carbonyl (C=O) groups is 2. The van der Waals surface area contributed by atoms with Crippen LogP contribution in [-0.2, 0) is 19.1 Å². The van der Waals surface area contributed by atoms with Crippen LogP contribution in [0.5, 0.6) is 0 Å². The predicted molar refractivity (Wildman–Crippen MR) is 78.2 cm³/mol. The number of rotatable bonds is 12. The first-order chi connectivity index (χ1) is 9.62. The molecule has 2 atom stereocenters. The number of hydrogen-bond acceptors (Lipinski definition) is 5. The molecule has 0 aromatic carbocycles. The average molecular weight is 290 g/mol. The summed E-state index contributed by atoms with van der Waals surface area (Å²) < 4.78 is 9.06. The van der Waals surface area contributed by atoms with E-state index in [0.29, 0.717) is 38.0 Å². The van der Waals surface area contributed by atoms with Crippen LogP contribution in [0.4, 0.5) is 0 Å². The second kappa shape index (κ2) is 17.9. The lowest BCUT2D eigenvalue weighted by Crippen LogP contribution is -2.02. The largest absolute Gasteiger partial charge is 0.468 e. The van der Waals surface area contributed by atoms with Crippen molar-refractivity contribution in [3.05, 3.63) is 0 Å². The predicted octanol–water partition coefficient (Wildman–Crippen LogP) is 2.55. The Bertz CT molecular complexity index is 186. The van der Waals surface area contributed by atoms with Crippen molar-refractivity contribution in [2.75, 3.05) is 19.8 Å². The fourth-order valence-electron chi connectivity index (χ4n) is 1.64. The number of hydrogen-bond donors (Lipinski definition) is 1. The molecular formula is C15H30O5. The third-order valence-electron chi connectivity index (χ3n) is 3.00. The molecule has 0 aromatic rings. The Kier molecular flexibility index (Phi) is 19.0. The van der Waals surface area contributed by atoms with Gasteiger partial charge in [0.05, 0.1) is 13.2 Å². The van der Waals surface area contributed by atoms with Gasteiger partial charge < -0.3 is 14.6 Å². The highest BCUT2D eigenvalue weighted by Crippen LogP contribution is 2.08. The van der Waals surface area contributed by atoms with Gasteiger partial charge >= 0.3 is 0 Å². The average Bonchev–Trinajstić information content (AvgIpc) is 2.41. The Morgan fingerprint density at radius 3 is 1.70 bits per heavy atom. The normalized spacial score (nSPS) is 12.6. The maximum atomic E-state index is 9.72. The van der Waals surface area contributed by atoms with Gasteiger partial charge in [-0.05, 0) is 31.1 Å². The first-order valence-electron chi connectivity index (χ1n) is 7.33. The molecule has 0 saturated carbocycles. The summed E-state index contributed by atoms with van der Waals surface area (Å²) in [6, 6.07) is 0. The van der Waals surface area contributed by atoms with Crippen LogP contribution in [0.2, 0.25) is 0 Å². The number of aliphatic hydroxyl groups excluding tert-OH is 1. The van der Waals surface area contributed by atoms with Gasteiger partial charge in [-0.2, -0.15) is 0 Å². The summed E-state index contributed by atoms with van der Waals surface area (Å²) in [6.45, 7) is 8.57. The van der Waals surface area contributed by atoms with Crippen LogP contribution in [0.3, 0.4) is 0 Å². The van der Waals surface area contributed by atoms with Gasteiger partial charge in [-0.1, -0.05) is 33.6 Å². The first-order valence-corrected chi connectivity index (χ1v) is 7.33. The summed E-state index contributed by atoms with van der Waals surface area (Å²) in [5.41, 5.74) is 0. The molecule has 5 nitrogen and oxygen atoms in total. The van der Waals surface area contributed by atoms with Crippen LogP contribution in [0, 0.1) is 11.8 Å². The van der Waals surface area contributed by atoms with Crippen molar-refractivity contribution < 1.29 is 24.2 Å². The molecule has 0 bridgehead atoms. The van der Waals surface area contributed by atoms with E-state index < -0.39 is 0 Å². The maximum Gasteiger partial charge on any atom is 0.293 e. The van der Waals surface area contributed by atoms with Crippen molar-refractivity contribution >= 4 is 12.9 Å². The zero-order valence-corrected chi connectivity index (χ0v) is 13.0. The third kappa shape index (κ3) is 19.2. The molecule has 0 aliphatic rings. The molecule has 0 spiro atoms. The van der Waals surface area contributed by atoms with E-state index in [1.165, 1.54) is 12.8 Å². The lowest BCUT2D eigenvalue weighted by molar-refractivity contribution is -0.129. The van der Waals surface area contributed by atoms with Crippen molar-refractivity contribution in [3.8, 4) is 0 Å². The Morgan fingerprint density at radius 1 is 0.900 bits per heavy atom. The van der Waals surface area contributed by atoms with Crippen LogP contribution in [0.15, 0.2) is 0 Å². The molecule has 0 amide bonds. The Morgan fingerprint density at radius 2 is 1.35 bits per heavy atom. The lowest BCUT2D eigenvalue weighted by atomic mass is 10.0. The molecule has 0 fully saturated rings. The van der Waals surface area contributed by atoms with E-state index in [2.05, 4.69) is 23.3 Å². The second-order valence-corrected chi connectivity index (χ2v) is 5.02. The van der Waals surface area contributed by atoms with Crippen molar-refractivity contribution in [2.24, 2.45) is 11.8 Å². The highest BCUT2D eigenvalue weighted by Gasteiger charge is 2.00. The number of ether oxygens (including phenoxy) is 2. The topological polar surface area (TPSA) is 72.8 Å². The fourth-order valence-corrected chi connectivity index (χ4v) is 1.64. The summed E-state index contributed by atoms with van der Waals surface area (Å²) in [4.78, 5) is 19.4. The molecule has 0 radical (unpaired) electrons. The van der Waals surface area contributed by atoms with E-state index in [4.69, 9.17) is 5.11 Å². The summed E-state index contributed by atoms with van der Waals surface area (Å²) in [6.07, 6.45) is 5.04. The van der Waals surface area contributed by atoms with E-state index in [1.54, 1.807) is 0 Å². The first kappa shape index (κ1) is 21.2. The minimum Gasteiger partial charge on any atom is -0.468 e. The molecule has 2 unspecified atom stereocenters. The number of aliphatic hydroxyl groups is 1. The van der Waals surface area contributed by atoms with Crippen LogP contribution in [-0.4, -0.2) is 37.9 Å². The standard InChI is InChI=1S/C8H16O2.C7H14O3/c1-3-4-8(2)5-6-10-7-9;1-7(2-4-8)3-5-10-6-9/h7-8H,3-6H2,1-2H3;6-8H,2-5H2,1H3. The van der Waals surface area contributed by atoms with E-state index in [0.717, 1.165) is 19.3 Å². The van der Waals surface area contributed by atoms with E-state index in [1.807, 2.05) is 6.92 Å². The van der Waals surface area contributed by atoms with Crippen molar-refractivity contribution in [3.63, 3.8) is 0 Å². The molecule has 5 heteroatoms. The monoisotopic (exact) mass is 290 g/mol. The molecule has 0 aromatic heterocycles. The molecule has 20 heavy (non-hydrogen) atoms. The second-order valence-electron chi connectivity index (χ2n) is 5.02. The lowest BCUT2D eigenvalue weighted by Gasteiger charge is -2.07. The van der Waals surface area contributed by atoms with Crippen LogP contribution in [0.1, 0.15) is 52.9 Å². The van der Waals surface area contributed by atoms with Gasteiger partial charge in [0.2, 0.25) is 0 Å². The van der Waals surface area contributed by atoms with Gasteiger partial charge in [-0.3, -0.25) is 9.59 Å².